The number of nitrogens with zero attached hydrogens (tertiary/aromatic N) is 5. The van der Waals surface area contributed by atoms with Crippen LogP contribution in [0.15, 0.2) is 47.1 Å². The van der Waals surface area contributed by atoms with Gasteiger partial charge in [-0.25, -0.2) is 0 Å². The maximum absolute atomic E-state index is 5.75. The van der Waals surface area contributed by atoms with E-state index >= 15 is 0 Å². The zero-order valence-electron chi connectivity index (χ0n) is 12.7. The maximum atomic E-state index is 5.75. The zero-order chi connectivity index (χ0) is 16.5. The number of halogens is 1. The molecular weight excluding hydrogens is 390 g/mol. The van der Waals surface area contributed by atoms with Crippen LogP contribution >= 0.6 is 27.3 Å². The van der Waals surface area contributed by atoms with Gasteiger partial charge >= 0.3 is 0 Å². The Bertz CT molecular complexity index is 978. The summed E-state index contributed by atoms with van der Waals surface area (Å²) in [5.74, 6) is 1.43. The number of ether oxygens (including phenoxy) is 1. The molecule has 0 aliphatic heterocycles. The average Bonchev–Trinajstić information content (AvgIpc) is 3.16. The molecule has 4 aromatic rings. The van der Waals surface area contributed by atoms with Crippen molar-refractivity contribution in [1.82, 2.24) is 24.8 Å². The van der Waals surface area contributed by atoms with Crippen LogP contribution in [-0.4, -0.2) is 24.8 Å². The number of aryl methyl sites for hydroxylation is 1. The Balaban J connectivity index is 1.58. The third-order valence-corrected chi connectivity index (χ3v) is 4.87. The van der Waals surface area contributed by atoms with Crippen LogP contribution < -0.4 is 4.74 Å². The van der Waals surface area contributed by atoms with E-state index in [4.69, 9.17) is 4.74 Å². The van der Waals surface area contributed by atoms with Crippen molar-refractivity contribution in [1.29, 1.82) is 0 Å². The third kappa shape index (κ3) is 3.02. The second kappa shape index (κ2) is 6.29. The second-order valence-corrected chi connectivity index (χ2v) is 7.02. The van der Waals surface area contributed by atoms with Crippen molar-refractivity contribution in [2.45, 2.75) is 13.5 Å². The lowest BCUT2D eigenvalue weighted by Crippen LogP contribution is -2.02. The van der Waals surface area contributed by atoms with Gasteiger partial charge < -0.3 is 4.74 Å². The standard InChI is InChI=1S/C16H12BrN5OS/c1-10-2-3-11(8-18-10)15-21-22-14(19-20-16(22)24-15)9-23-13-6-4-12(17)5-7-13/h2-8H,9H2,1H3. The van der Waals surface area contributed by atoms with Gasteiger partial charge in [-0.2, -0.15) is 9.61 Å². The smallest absolute Gasteiger partial charge is 0.235 e. The minimum absolute atomic E-state index is 0.304. The monoisotopic (exact) mass is 401 g/mol. The Kier molecular flexibility index (Phi) is 3.99. The van der Waals surface area contributed by atoms with Gasteiger partial charge in [-0.15, -0.1) is 10.2 Å². The molecule has 0 unspecified atom stereocenters. The number of pyridine rings is 1. The molecule has 0 N–H and O–H groups in total. The molecule has 0 spiro atoms. The van der Waals surface area contributed by atoms with Crippen LogP contribution in [0, 0.1) is 6.92 Å². The number of benzene rings is 1. The Labute approximate surface area is 150 Å². The minimum Gasteiger partial charge on any atom is -0.486 e. The van der Waals surface area contributed by atoms with Crippen LogP contribution in [0.25, 0.3) is 15.5 Å². The first-order chi connectivity index (χ1) is 11.7. The second-order valence-electron chi connectivity index (χ2n) is 5.15. The molecule has 24 heavy (non-hydrogen) atoms. The Morgan fingerprint density at radius 1 is 1.12 bits per heavy atom. The molecule has 3 heterocycles. The average molecular weight is 402 g/mol. The lowest BCUT2D eigenvalue weighted by molar-refractivity contribution is 0.293. The van der Waals surface area contributed by atoms with Crippen LogP contribution in [0.3, 0.4) is 0 Å². The SMILES string of the molecule is Cc1ccc(-c2nn3c(COc4ccc(Br)cc4)nnc3s2)cn1. The quantitative estimate of drug-likeness (QED) is 0.518. The van der Waals surface area contributed by atoms with Crippen LogP contribution in [0.5, 0.6) is 5.75 Å². The number of hydrogen-bond acceptors (Lipinski definition) is 6. The molecule has 0 aliphatic carbocycles. The van der Waals surface area contributed by atoms with E-state index in [1.807, 2.05) is 49.5 Å². The molecule has 0 fully saturated rings. The summed E-state index contributed by atoms with van der Waals surface area (Å²) in [7, 11) is 0. The van der Waals surface area contributed by atoms with Crippen molar-refractivity contribution in [2.75, 3.05) is 0 Å². The molecule has 0 bridgehead atoms. The van der Waals surface area contributed by atoms with Gasteiger partial charge in [0.1, 0.15) is 17.4 Å². The van der Waals surface area contributed by atoms with E-state index in [1.165, 1.54) is 11.3 Å². The Hall–Kier alpha value is -2.32. The normalized spacial score (nSPS) is 11.1. The van der Waals surface area contributed by atoms with Crippen molar-refractivity contribution in [2.24, 2.45) is 0 Å². The topological polar surface area (TPSA) is 65.2 Å². The first-order valence-electron chi connectivity index (χ1n) is 7.21. The molecule has 0 atom stereocenters. The molecule has 0 aliphatic rings. The highest BCUT2D eigenvalue weighted by molar-refractivity contribution is 9.10. The molecule has 6 nitrogen and oxygen atoms in total. The number of fused-ring (bicyclic) bond motifs is 1. The van der Waals surface area contributed by atoms with Gasteiger partial charge in [0.05, 0.1) is 0 Å². The molecule has 4 rings (SSSR count). The highest BCUT2D eigenvalue weighted by atomic mass is 79.9. The molecule has 8 heteroatoms. The Morgan fingerprint density at radius 3 is 2.71 bits per heavy atom. The maximum Gasteiger partial charge on any atom is 0.235 e. The molecule has 0 radical (unpaired) electrons. The summed E-state index contributed by atoms with van der Waals surface area (Å²) < 4.78 is 8.48. The van der Waals surface area contributed by atoms with Crippen LogP contribution in [0.4, 0.5) is 0 Å². The first-order valence-corrected chi connectivity index (χ1v) is 8.82. The van der Waals surface area contributed by atoms with Gasteiger partial charge in [0, 0.05) is 21.9 Å². The molecule has 120 valence electrons. The van der Waals surface area contributed by atoms with E-state index in [1.54, 1.807) is 4.52 Å². The molecule has 0 saturated heterocycles. The predicted octanol–water partition coefficient (Wildman–Crippen LogP) is 3.90. The molecule has 0 saturated carbocycles. The van der Waals surface area contributed by atoms with Crippen molar-refractivity contribution in [3.63, 3.8) is 0 Å². The molecule has 0 amide bonds. The van der Waals surface area contributed by atoms with E-state index in [0.29, 0.717) is 12.4 Å². The highest BCUT2D eigenvalue weighted by Crippen LogP contribution is 2.25. The number of rotatable bonds is 4. The van der Waals surface area contributed by atoms with Crippen molar-refractivity contribution in [3.05, 3.63) is 58.6 Å². The number of aromatic nitrogens is 5. The summed E-state index contributed by atoms with van der Waals surface area (Å²) in [5.41, 5.74) is 1.95. The molecular formula is C16H12BrN5OS. The van der Waals surface area contributed by atoms with E-state index in [0.717, 1.165) is 31.4 Å². The van der Waals surface area contributed by atoms with Crippen LogP contribution in [0.1, 0.15) is 11.5 Å². The van der Waals surface area contributed by atoms with Gasteiger partial charge in [-0.1, -0.05) is 27.3 Å². The first kappa shape index (κ1) is 15.2. The van der Waals surface area contributed by atoms with E-state index in [9.17, 15) is 0 Å². The predicted molar refractivity (Wildman–Crippen MR) is 95.1 cm³/mol. The van der Waals surface area contributed by atoms with Gasteiger partial charge in [-0.05, 0) is 43.3 Å². The van der Waals surface area contributed by atoms with Crippen molar-refractivity contribution in [3.8, 4) is 16.3 Å². The van der Waals surface area contributed by atoms with E-state index in [-0.39, 0.29) is 0 Å². The fourth-order valence-corrected chi connectivity index (χ4v) is 3.25. The fraction of sp³-hybridized carbons (Fsp3) is 0.125. The van der Waals surface area contributed by atoms with Crippen molar-refractivity contribution < 1.29 is 4.74 Å². The van der Waals surface area contributed by atoms with E-state index in [2.05, 4.69) is 36.2 Å². The zero-order valence-corrected chi connectivity index (χ0v) is 15.1. The van der Waals surface area contributed by atoms with Crippen LogP contribution in [-0.2, 0) is 6.61 Å². The summed E-state index contributed by atoms with van der Waals surface area (Å²) >= 11 is 4.88. The summed E-state index contributed by atoms with van der Waals surface area (Å²) in [6, 6.07) is 11.6. The fourth-order valence-electron chi connectivity index (χ4n) is 2.14. The molecule has 1 aromatic carbocycles. The van der Waals surface area contributed by atoms with E-state index < -0.39 is 0 Å². The number of hydrogen-bond donors (Lipinski definition) is 0. The van der Waals surface area contributed by atoms with Gasteiger partial charge in [0.25, 0.3) is 0 Å². The third-order valence-electron chi connectivity index (χ3n) is 3.40. The van der Waals surface area contributed by atoms with Crippen LogP contribution in [0.2, 0.25) is 0 Å². The summed E-state index contributed by atoms with van der Waals surface area (Å²) in [6.07, 6.45) is 1.82. The molecule has 3 aromatic heterocycles. The largest absolute Gasteiger partial charge is 0.486 e. The van der Waals surface area contributed by atoms with Gasteiger partial charge in [0.2, 0.25) is 4.96 Å². The lowest BCUT2D eigenvalue weighted by atomic mass is 10.3. The summed E-state index contributed by atoms with van der Waals surface area (Å²) in [6.45, 7) is 2.26. The lowest BCUT2D eigenvalue weighted by Gasteiger charge is -2.03. The highest BCUT2D eigenvalue weighted by Gasteiger charge is 2.13. The summed E-state index contributed by atoms with van der Waals surface area (Å²) in [4.78, 5) is 5.04. The van der Waals surface area contributed by atoms with Crippen molar-refractivity contribution >= 4 is 32.2 Å². The summed E-state index contributed by atoms with van der Waals surface area (Å²) in [5, 5.41) is 13.8. The van der Waals surface area contributed by atoms with Gasteiger partial charge in [0.15, 0.2) is 5.82 Å². The Morgan fingerprint density at radius 2 is 1.96 bits per heavy atom. The van der Waals surface area contributed by atoms with Gasteiger partial charge in [-0.3, -0.25) is 4.98 Å². The minimum atomic E-state index is 0.304.